The van der Waals surface area contributed by atoms with Gasteiger partial charge in [-0.3, -0.25) is 4.52 Å². The average Bonchev–Trinajstić information content (AvgIpc) is 2.63. The number of benzene rings is 2. The normalized spacial score (nSPS) is 14.7. The van der Waals surface area contributed by atoms with Crippen LogP contribution in [0.25, 0.3) is 0 Å². The summed E-state index contributed by atoms with van der Waals surface area (Å²) in [5, 5.41) is 0.256. The van der Waals surface area contributed by atoms with Crippen LogP contribution < -0.4 is 4.52 Å². The zero-order valence-electron chi connectivity index (χ0n) is 14.9. The van der Waals surface area contributed by atoms with Crippen LogP contribution in [0.3, 0.4) is 0 Å². The highest BCUT2D eigenvalue weighted by Crippen LogP contribution is 2.61. The highest BCUT2D eigenvalue weighted by atomic mass is 35.5. The minimum absolute atomic E-state index is 0.256. The maximum Gasteiger partial charge on any atom is 0.440 e. The van der Waals surface area contributed by atoms with Crippen molar-refractivity contribution in [2.45, 2.75) is 37.0 Å². The fraction of sp³-hybridized carbons (Fsp3) is 0.333. The molecule has 0 saturated heterocycles. The van der Waals surface area contributed by atoms with E-state index in [9.17, 15) is 9.12 Å². The van der Waals surface area contributed by atoms with Gasteiger partial charge in [-0.1, -0.05) is 36.7 Å². The average molecular weight is 433 g/mol. The number of rotatable bonds is 9. The van der Waals surface area contributed by atoms with Crippen LogP contribution >= 0.6 is 29.8 Å². The van der Waals surface area contributed by atoms with E-state index in [-0.39, 0.29) is 17.4 Å². The van der Waals surface area contributed by atoms with Crippen LogP contribution in [0.1, 0.15) is 25.8 Å². The van der Waals surface area contributed by atoms with E-state index in [1.807, 2.05) is 32.0 Å². The van der Waals surface area contributed by atoms with E-state index in [0.29, 0.717) is 15.5 Å². The molecule has 142 valence electrons. The molecule has 2 aromatic rings. The molecular formula is C18H22ClO4PS2. The van der Waals surface area contributed by atoms with Crippen LogP contribution in [0.5, 0.6) is 5.75 Å². The number of hydrogen-bond donors (Lipinski definition) is 0. The molecule has 0 fully saturated rings. The van der Waals surface area contributed by atoms with Gasteiger partial charge in [0.1, 0.15) is 5.75 Å². The molecule has 0 bridgehead atoms. The highest BCUT2D eigenvalue weighted by Gasteiger charge is 2.29. The summed E-state index contributed by atoms with van der Waals surface area (Å²) in [7, 11) is 0. The van der Waals surface area contributed by atoms with Gasteiger partial charge in [0.2, 0.25) is 0 Å². The van der Waals surface area contributed by atoms with E-state index in [4.69, 9.17) is 20.6 Å². The Balaban J connectivity index is 2.29. The van der Waals surface area contributed by atoms with Gasteiger partial charge >= 0.3 is 6.80 Å². The van der Waals surface area contributed by atoms with Crippen molar-refractivity contribution in [2.24, 2.45) is 0 Å². The predicted octanol–water partition coefficient (Wildman–Crippen LogP) is 6.48. The van der Waals surface area contributed by atoms with Crippen LogP contribution in [0.4, 0.5) is 0 Å². The Morgan fingerprint density at radius 1 is 1.23 bits per heavy atom. The quantitative estimate of drug-likeness (QED) is 0.335. The zero-order chi connectivity index (χ0) is 19.2. The van der Waals surface area contributed by atoms with Gasteiger partial charge < -0.3 is 9.08 Å². The van der Waals surface area contributed by atoms with Gasteiger partial charge in [-0.2, -0.15) is 0 Å². The molecule has 26 heavy (non-hydrogen) atoms. The van der Waals surface area contributed by atoms with E-state index < -0.39 is 18.0 Å². The molecule has 8 heteroatoms. The lowest BCUT2D eigenvalue weighted by atomic mass is 10.2. The summed E-state index contributed by atoms with van der Waals surface area (Å²) < 4.78 is 36.6. The Morgan fingerprint density at radius 2 is 1.92 bits per heavy atom. The smallest absolute Gasteiger partial charge is 0.440 e. The predicted molar refractivity (Wildman–Crippen MR) is 110 cm³/mol. The minimum atomic E-state index is -3.35. The molecule has 0 aliphatic carbocycles. The molecule has 2 aromatic carbocycles. The van der Waals surface area contributed by atoms with Crippen LogP contribution in [0.15, 0.2) is 52.3 Å². The summed E-state index contributed by atoms with van der Waals surface area (Å²) in [5.74, 6) is 0.933. The Kier molecular flexibility index (Phi) is 8.40. The van der Waals surface area contributed by atoms with Gasteiger partial charge in [-0.25, -0.2) is 4.57 Å². The standard InChI is InChI=1S/C18H22ClO4PS2/c1-4-11-25-24(20,22-5-2)23-17-12-14(3)18(13-16(17)19)26(21)15-9-7-6-8-10-15/h6-10,12-13H,4-5,11H2,1-3H3. The Morgan fingerprint density at radius 3 is 2.54 bits per heavy atom. The van der Waals surface area contributed by atoms with Crippen molar-refractivity contribution in [3.8, 4) is 5.75 Å². The second-order valence-corrected chi connectivity index (χ2v) is 11.4. The molecule has 2 unspecified atom stereocenters. The van der Waals surface area contributed by atoms with Gasteiger partial charge in [0, 0.05) is 28.6 Å². The first-order chi connectivity index (χ1) is 12.4. The number of hydrogen-bond acceptors (Lipinski definition) is 5. The summed E-state index contributed by atoms with van der Waals surface area (Å²) in [6.07, 6.45) is 0.854. The molecule has 4 nitrogen and oxygen atoms in total. The molecule has 0 saturated carbocycles. The molecule has 0 aliphatic heterocycles. The lowest BCUT2D eigenvalue weighted by molar-refractivity contribution is 0.296. The topological polar surface area (TPSA) is 58.6 Å². The molecule has 0 spiro atoms. The zero-order valence-corrected chi connectivity index (χ0v) is 18.2. The minimum Gasteiger partial charge on any atom is -0.606 e. The van der Waals surface area contributed by atoms with Gasteiger partial charge in [0.15, 0.2) is 9.79 Å². The molecule has 0 heterocycles. The van der Waals surface area contributed by atoms with Crippen molar-refractivity contribution >= 4 is 41.0 Å². The van der Waals surface area contributed by atoms with Crippen LogP contribution in [-0.4, -0.2) is 16.9 Å². The monoisotopic (exact) mass is 432 g/mol. The first-order valence-electron chi connectivity index (χ1n) is 8.26. The van der Waals surface area contributed by atoms with Crippen molar-refractivity contribution in [3.63, 3.8) is 0 Å². The van der Waals surface area contributed by atoms with Crippen molar-refractivity contribution in [2.75, 3.05) is 12.4 Å². The van der Waals surface area contributed by atoms with Crippen molar-refractivity contribution in [1.29, 1.82) is 0 Å². The van der Waals surface area contributed by atoms with Gasteiger partial charge in [-0.05, 0) is 49.8 Å². The third-order valence-electron chi connectivity index (χ3n) is 3.34. The Bertz CT molecular complexity index is 773. The van der Waals surface area contributed by atoms with Crippen molar-refractivity contribution in [1.82, 2.24) is 0 Å². The highest BCUT2D eigenvalue weighted by molar-refractivity contribution is 8.55. The molecular weight excluding hydrogens is 411 g/mol. The third-order valence-corrected chi connectivity index (χ3v) is 9.11. The summed E-state index contributed by atoms with van der Waals surface area (Å²) in [6, 6.07) is 12.4. The number of aryl methyl sites for hydroxylation is 1. The maximum absolute atomic E-state index is 12.8. The third kappa shape index (κ3) is 5.69. The number of halogens is 1. The lowest BCUT2D eigenvalue weighted by Gasteiger charge is -2.19. The Hall–Kier alpha value is -0.620. The summed E-state index contributed by atoms with van der Waals surface area (Å²) >= 11 is 6.13. The Labute approximate surface area is 167 Å². The molecule has 0 aliphatic rings. The summed E-state index contributed by atoms with van der Waals surface area (Å²) in [4.78, 5) is 1.29. The second-order valence-electron chi connectivity index (χ2n) is 5.42. The van der Waals surface area contributed by atoms with E-state index in [0.717, 1.165) is 23.4 Å². The van der Waals surface area contributed by atoms with Crippen LogP contribution in [0.2, 0.25) is 5.02 Å². The first kappa shape index (κ1) is 21.7. The molecule has 0 amide bonds. The second kappa shape index (κ2) is 10.1. The van der Waals surface area contributed by atoms with Crippen LogP contribution in [-0.2, 0) is 20.3 Å². The molecule has 0 aromatic heterocycles. The first-order valence-corrected chi connectivity index (χ1v) is 12.9. The fourth-order valence-corrected chi connectivity index (χ4v) is 7.16. The van der Waals surface area contributed by atoms with E-state index in [1.54, 1.807) is 31.2 Å². The van der Waals surface area contributed by atoms with Crippen LogP contribution in [0, 0.1) is 6.92 Å². The molecule has 2 atom stereocenters. The fourth-order valence-electron chi connectivity index (χ4n) is 2.15. The summed E-state index contributed by atoms with van der Waals surface area (Å²) in [5.41, 5.74) is 0.745. The van der Waals surface area contributed by atoms with Crippen molar-refractivity contribution in [3.05, 3.63) is 53.1 Å². The lowest BCUT2D eigenvalue weighted by Crippen LogP contribution is -2.05. The molecule has 0 N–H and O–H groups in total. The van der Waals surface area contributed by atoms with E-state index in [2.05, 4.69) is 0 Å². The molecule has 2 rings (SSSR count). The maximum atomic E-state index is 12.8. The van der Waals surface area contributed by atoms with E-state index >= 15 is 0 Å². The van der Waals surface area contributed by atoms with Gasteiger partial charge in [0.25, 0.3) is 0 Å². The largest absolute Gasteiger partial charge is 0.606 e. The van der Waals surface area contributed by atoms with Crippen molar-refractivity contribution < 1.29 is 18.2 Å². The van der Waals surface area contributed by atoms with Gasteiger partial charge in [-0.15, -0.1) is 0 Å². The molecule has 0 radical (unpaired) electrons. The van der Waals surface area contributed by atoms with Gasteiger partial charge in [0.05, 0.1) is 11.6 Å². The van der Waals surface area contributed by atoms with E-state index in [1.165, 1.54) is 0 Å². The summed E-state index contributed by atoms with van der Waals surface area (Å²) in [6.45, 7) is 2.52. The SMILES string of the molecule is CCCSP(=O)(OCC)Oc1cc(C)c([S+]([O-])c2ccccc2)cc1Cl.